The zero-order valence-electron chi connectivity index (χ0n) is 18.2. The van der Waals surface area contributed by atoms with Crippen LogP contribution in [0.15, 0.2) is 0 Å². The molecule has 0 rings (SSSR count). The van der Waals surface area contributed by atoms with Crippen LogP contribution in [0.1, 0.15) is 33.6 Å². The van der Waals surface area contributed by atoms with E-state index in [2.05, 4.69) is 15.7 Å². The second kappa shape index (κ2) is 13.4. The summed E-state index contributed by atoms with van der Waals surface area (Å²) >= 11 is 0. The molecule has 0 aliphatic heterocycles. The first kappa shape index (κ1) is 26.2. The van der Waals surface area contributed by atoms with Crippen molar-refractivity contribution in [1.29, 1.82) is 0 Å². The molecule has 9 nitrogen and oxygen atoms in total. The van der Waals surface area contributed by atoms with Crippen LogP contribution < -0.4 is 15.7 Å². The molecular weight excluding hydrogens is 359 g/mol. The lowest BCUT2D eigenvalue weighted by Crippen LogP contribution is -2.46. The van der Waals surface area contributed by atoms with Crippen molar-refractivity contribution in [3.63, 3.8) is 0 Å². The molecule has 0 aromatic heterocycles. The van der Waals surface area contributed by atoms with Gasteiger partial charge in [-0.2, -0.15) is 0 Å². The number of ketones is 1. The summed E-state index contributed by atoms with van der Waals surface area (Å²) in [6.45, 7) is 7.63. The normalized spacial score (nSPS) is 11.3. The lowest BCUT2D eigenvalue weighted by atomic mass is 9.88. The van der Waals surface area contributed by atoms with Crippen molar-refractivity contribution in [2.75, 3.05) is 39.3 Å². The smallest absolute Gasteiger partial charge is 0.221 e. The summed E-state index contributed by atoms with van der Waals surface area (Å²) in [4.78, 5) is 51.0. The van der Waals surface area contributed by atoms with Gasteiger partial charge in [0.05, 0.1) is 19.6 Å². The third-order valence-electron chi connectivity index (χ3n) is 4.39. The lowest BCUT2D eigenvalue weighted by molar-refractivity contribution is -0.127. The molecule has 0 aromatic carbocycles. The van der Waals surface area contributed by atoms with Gasteiger partial charge in [0.1, 0.15) is 5.78 Å². The number of hydrogen-bond acceptors (Lipinski definition) is 6. The molecule has 3 amide bonds. The fourth-order valence-corrected chi connectivity index (χ4v) is 2.45. The van der Waals surface area contributed by atoms with E-state index >= 15 is 0 Å². The van der Waals surface area contributed by atoms with Crippen LogP contribution in [0.4, 0.5) is 0 Å². The predicted molar refractivity (Wildman–Crippen MR) is 117 cm³/mol. The third-order valence-corrected chi connectivity index (χ3v) is 4.39. The summed E-state index contributed by atoms with van der Waals surface area (Å²) in [6, 6.07) is 0. The number of rotatable bonds is 13. The summed E-state index contributed by atoms with van der Waals surface area (Å²) < 4.78 is 0. The van der Waals surface area contributed by atoms with Gasteiger partial charge in [-0.1, -0.05) is 20.8 Å². The van der Waals surface area contributed by atoms with E-state index in [9.17, 15) is 19.2 Å². The van der Waals surface area contributed by atoms with E-state index in [1.807, 2.05) is 25.7 Å². The third kappa shape index (κ3) is 11.8. The van der Waals surface area contributed by atoms with Gasteiger partial charge in [-0.15, -0.1) is 0 Å². The highest BCUT2D eigenvalue weighted by atomic mass is 16.2. The molecule has 0 atom stereocenters. The zero-order chi connectivity index (χ0) is 21.7. The van der Waals surface area contributed by atoms with E-state index in [0.29, 0.717) is 32.5 Å². The van der Waals surface area contributed by atoms with E-state index in [0.717, 1.165) is 0 Å². The molecule has 0 fully saturated rings. The van der Waals surface area contributed by atoms with Crippen LogP contribution in [0.2, 0.25) is 0 Å². The molecule has 12 heteroatoms. The lowest BCUT2D eigenvalue weighted by Gasteiger charge is -2.27. The summed E-state index contributed by atoms with van der Waals surface area (Å²) in [5.41, 5.74) is -0.372. The molecule has 28 heavy (non-hydrogen) atoms. The maximum Gasteiger partial charge on any atom is 0.221 e. The van der Waals surface area contributed by atoms with Crippen LogP contribution in [0.3, 0.4) is 0 Å². The van der Waals surface area contributed by atoms with Gasteiger partial charge < -0.3 is 15.7 Å². The number of hydrogen-bond donors (Lipinski definition) is 3. The standard InChI is InChI=1S/C16H34B3N5O4/c1-16(2,3)12(25)5-4-6-23(9-13(26)20-17)7-8-24(10-14(27)21-18)11-15(28)22-19/h4-11,17-19H2,1-3H3,(H,20,26)(H,21,27)(H,22,28). The molecule has 156 valence electrons. The van der Waals surface area contributed by atoms with E-state index < -0.39 is 0 Å². The fourth-order valence-electron chi connectivity index (χ4n) is 2.45. The Morgan fingerprint density at radius 1 is 0.714 bits per heavy atom. The fraction of sp³-hybridized carbons (Fsp3) is 0.750. The van der Waals surface area contributed by atoms with Crippen LogP contribution in [0.5, 0.6) is 0 Å². The van der Waals surface area contributed by atoms with E-state index in [-0.39, 0.29) is 48.6 Å². The average Bonchev–Trinajstić information content (AvgIpc) is 2.64. The number of Topliss-reactive ketones (excluding diaryl/α,β-unsaturated/α-hetero) is 1. The first-order valence-electron chi connectivity index (χ1n) is 9.63. The van der Waals surface area contributed by atoms with E-state index in [1.54, 1.807) is 28.8 Å². The minimum absolute atomic E-state index is 0.0975. The molecule has 0 radical (unpaired) electrons. The zero-order valence-corrected chi connectivity index (χ0v) is 18.2. The Morgan fingerprint density at radius 2 is 1.11 bits per heavy atom. The van der Waals surface area contributed by atoms with Crippen molar-refractivity contribution >= 4 is 47.4 Å². The van der Waals surface area contributed by atoms with Crippen molar-refractivity contribution in [2.24, 2.45) is 5.41 Å². The Kier molecular flexibility index (Phi) is 12.5. The molecule has 0 aliphatic carbocycles. The summed E-state index contributed by atoms with van der Waals surface area (Å²) in [6.07, 6.45) is 1.10. The van der Waals surface area contributed by atoms with Gasteiger partial charge in [0.25, 0.3) is 0 Å². The molecule has 0 spiro atoms. The van der Waals surface area contributed by atoms with Crippen molar-refractivity contribution in [3.8, 4) is 0 Å². The maximum atomic E-state index is 12.1. The number of carbonyl (C=O) groups excluding carboxylic acids is 4. The Balaban J connectivity index is 4.83. The highest BCUT2D eigenvalue weighted by molar-refractivity contribution is 6.15. The molecule has 0 aliphatic rings. The van der Waals surface area contributed by atoms with Crippen LogP contribution in [0, 0.1) is 5.41 Å². The second-order valence-corrected chi connectivity index (χ2v) is 7.78. The molecule has 3 N–H and O–H groups in total. The molecule has 0 saturated carbocycles. The minimum Gasteiger partial charge on any atom is -0.405 e. The van der Waals surface area contributed by atoms with Gasteiger partial charge in [0, 0.05) is 24.9 Å². The first-order chi connectivity index (χ1) is 13.0. The molecule has 0 saturated heterocycles. The van der Waals surface area contributed by atoms with Crippen molar-refractivity contribution in [1.82, 2.24) is 25.5 Å². The van der Waals surface area contributed by atoms with Crippen molar-refractivity contribution in [2.45, 2.75) is 33.6 Å². The Labute approximate surface area is 171 Å². The summed E-state index contributed by atoms with van der Waals surface area (Å²) in [5.74, 6) is -0.297. The monoisotopic (exact) mass is 393 g/mol. The van der Waals surface area contributed by atoms with Gasteiger partial charge >= 0.3 is 0 Å². The molecule has 0 aromatic rings. The number of carbonyl (C=O) groups is 4. The Hall–Kier alpha value is -1.81. The SMILES string of the molecule is BNC(=O)CN(CCCC(=O)C(C)(C)C)CCN(CC(=O)NB)CC(=O)NB. The quantitative estimate of drug-likeness (QED) is 0.275. The van der Waals surface area contributed by atoms with Crippen LogP contribution in [0.25, 0.3) is 0 Å². The van der Waals surface area contributed by atoms with Gasteiger partial charge in [-0.05, 0) is 13.0 Å². The van der Waals surface area contributed by atoms with Gasteiger partial charge in [-0.25, -0.2) is 0 Å². The van der Waals surface area contributed by atoms with Gasteiger partial charge in [-0.3, -0.25) is 29.0 Å². The largest absolute Gasteiger partial charge is 0.405 e. The van der Waals surface area contributed by atoms with Crippen molar-refractivity contribution < 1.29 is 19.2 Å². The number of nitrogens with one attached hydrogen (secondary N) is 3. The second-order valence-electron chi connectivity index (χ2n) is 7.78. The van der Waals surface area contributed by atoms with Crippen LogP contribution >= 0.6 is 0 Å². The molecule has 0 bridgehead atoms. The highest BCUT2D eigenvalue weighted by Gasteiger charge is 2.21. The first-order valence-corrected chi connectivity index (χ1v) is 9.63. The highest BCUT2D eigenvalue weighted by Crippen LogP contribution is 2.17. The number of amides is 3. The molecule has 0 heterocycles. The topological polar surface area (TPSA) is 111 Å². The van der Waals surface area contributed by atoms with Crippen molar-refractivity contribution in [3.05, 3.63) is 0 Å². The maximum absolute atomic E-state index is 12.1. The van der Waals surface area contributed by atoms with Gasteiger partial charge in [0.2, 0.25) is 41.7 Å². The van der Waals surface area contributed by atoms with E-state index in [1.165, 1.54) is 0 Å². The Morgan fingerprint density at radius 3 is 1.50 bits per heavy atom. The predicted octanol–water partition coefficient (Wildman–Crippen LogP) is -4.02. The van der Waals surface area contributed by atoms with E-state index in [4.69, 9.17) is 0 Å². The minimum atomic E-state index is -0.372. The number of nitrogens with zero attached hydrogens (tertiary/aromatic N) is 2. The van der Waals surface area contributed by atoms with Gasteiger partial charge in [0.15, 0.2) is 0 Å². The Bertz CT molecular complexity index is 525. The molecule has 0 unspecified atom stereocenters. The molecular formula is C16H34B3N5O4. The summed E-state index contributed by atoms with van der Waals surface area (Å²) in [7, 11) is 4.67. The van der Waals surface area contributed by atoms with Crippen LogP contribution in [-0.2, 0) is 19.2 Å². The summed E-state index contributed by atoms with van der Waals surface area (Å²) in [5, 5.41) is 7.70. The van der Waals surface area contributed by atoms with Crippen LogP contribution in [-0.4, -0.2) is 96.5 Å². The average molecular weight is 393 g/mol.